The highest BCUT2D eigenvalue weighted by atomic mass is 32.2. The van der Waals surface area contributed by atoms with Crippen LogP contribution in [0.5, 0.6) is 0 Å². The predicted octanol–water partition coefficient (Wildman–Crippen LogP) is 3.37. The van der Waals surface area contributed by atoms with Gasteiger partial charge in [-0.1, -0.05) is 81.4 Å². The van der Waals surface area contributed by atoms with Crippen LogP contribution in [0.3, 0.4) is 0 Å². The minimum absolute atomic E-state index is 0.126. The first-order valence-electron chi connectivity index (χ1n) is 11.6. The Bertz CT molecular complexity index is 1180. The molecule has 1 saturated heterocycles. The molecule has 2 atom stereocenters. The molecule has 1 fully saturated rings. The number of ether oxygens (including phenoxy) is 1. The van der Waals surface area contributed by atoms with E-state index in [9.17, 15) is 9.59 Å². The summed E-state index contributed by atoms with van der Waals surface area (Å²) >= 11 is 1.63. The van der Waals surface area contributed by atoms with Gasteiger partial charge >= 0.3 is 5.69 Å². The second-order valence-corrected chi connectivity index (χ2v) is 15.0. The van der Waals surface area contributed by atoms with Crippen molar-refractivity contribution < 1.29 is 14.0 Å². The molecule has 3 aromatic rings. The average Bonchev–Trinajstić information content (AvgIpc) is 3.28. The Morgan fingerprint density at radius 1 is 1.11 bits per heavy atom. The maximum absolute atomic E-state index is 12.5. The highest BCUT2D eigenvalue weighted by molar-refractivity contribution is 8.00. The second kappa shape index (κ2) is 10.5. The number of aromatic nitrogens is 2. The molecule has 0 unspecified atom stereocenters. The molecule has 0 radical (unpaired) electrons. The third-order valence-electron chi connectivity index (χ3n) is 6.03. The maximum atomic E-state index is 12.5. The normalized spacial score (nSPS) is 18.4. The van der Waals surface area contributed by atoms with Gasteiger partial charge in [-0.05, 0) is 21.5 Å². The van der Waals surface area contributed by atoms with Gasteiger partial charge in [0, 0.05) is 18.9 Å². The van der Waals surface area contributed by atoms with Crippen LogP contribution in [-0.2, 0) is 14.0 Å². The van der Waals surface area contributed by atoms with E-state index in [-0.39, 0.29) is 22.2 Å². The Kier molecular flexibility index (Phi) is 7.61. The van der Waals surface area contributed by atoms with Crippen molar-refractivity contribution >= 4 is 42.2 Å². The molecule has 2 heterocycles. The fourth-order valence-electron chi connectivity index (χ4n) is 4.51. The Hall–Kier alpha value is -2.72. The van der Waals surface area contributed by atoms with Gasteiger partial charge in [0.05, 0.1) is 6.61 Å². The lowest BCUT2D eigenvalue weighted by Crippen LogP contribution is -2.67. The van der Waals surface area contributed by atoms with Crippen LogP contribution >= 0.6 is 11.8 Å². The van der Waals surface area contributed by atoms with Crippen molar-refractivity contribution in [3.63, 3.8) is 0 Å². The molecule has 1 aliphatic rings. The molecular weight excluding hydrogens is 478 g/mol. The molecule has 0 saturated carbocycles. The number of amides is 1. The number of hydrogen-bond donors (Lipinski definition) is 1. The van der Waals surface area contributed by atoms with Gasteiger partial charge < -0.3 is 14.5 Å². The largest absolute Gasteiger partial charge is 0.404 e. The molecule has 2 aromatic carbocycles. The summed E-state index contributed by atoms with van der Waals surface area (Å²) in [6.07, 6.45) is 1.16. The van der Waals surface area contributed by atoms with Crippen molar-refractivity contribution in [2.24, 2.45) is 0 Å². The molecule has 1 N–H and O–H groups in total. The zero-order valence-corrected chi connectivity index (χ0v) is 22.2. The number of hydrogen-bond acceptors (Lipinski definition) is 6. The van der Waals surface area contributed by atoms with Crippen molar-refractivity contribution in [2.45, 2.75) is 44.4 Å². The van der Waals surface area contributed by atoms with E-state index in [0.29, 0.717) is 12.4 Å². The van der Waals surface area contributed by atoms with Crippen LogP contribution in [0, 0.1) is 0 Å². The van der Waals surface area contributed by atoms with Crippen LogP contribution in [0.15, 0.2) is 77.7 Å². The van der Waals surface area contributed by atoms with Gasteiger partial charge in [-0.15, -0.1) is 11.8 Å². The van der Waals surface area contributed by atoms with Gasteiger partial charge in [0.2, 0.25) is 5.91 Å². The van der Waals surface area contributed by atoms with Crippen molar-refractivity contribution in [1.29, 1.82) is 0 Å². The summed E-state index contributed by atoms with van der Waals surface area (Å²) < 4.78 is 14.7. The van der Waals surface area contributed by atoms with E-state index >= 15 is 0 Å². The number of benzene rings is 2. The molecule has 7 nitrogen and oxygen atoms in total. The first kappa shape index (κ1) is 25.4. The molecule has 0 aliphatic carbocycles. The van der Waals surface area contributed by atoms with Crippen molar-refractivity contribution in [3.05, 3.63) is 83.4 Å². The Morgan fingerprint density at radius 3 is 2.23 bits per heavy atom. The monoisotopic (exact) mass is 509 g/mol. The number of rotatable bonds is 7. The lowest BCUT2D eigenvalue weighted by Gasteiger charge is -2.43. The Labute approximate surface area is 211 Å². The van der Waals surface area contributed by atoms with Gasteiger partial charge in [-0.2, -0.15) is 4.98 Å². The number of thioether (sulfide) groups is 1. The molecule has 0 spiro atoms. The molecule has 1 aliphatic heterocycles. The number of carbonyl (C=O) groups is 1. The second-order valence-electron chi connectivity index (χ2n) is 9.51. The summed E-state index contributed by atoms with van der Waals surface area (Å²) in [5.41, 5.74) is -0.682. The van der Waals surface area contributed by atoms with E-state index in [2.05, 4.69) is 79.6 Å². The van der Waals surface area contributed by atoms with Crippen LogP contribution in [0.4, 0.5) is 5.82 Å². The lowest BCUT2D eigenvalue weighted by molar-refractivity contribution is -0.114. The summed E-state index contributed by atoms with van der Waals surface area (Å²) in [7, 11) is -2.67. The zero-order valence-electron chi connectivity index (χ0n) is 20.4. The number of nitrogens with one attached hydrogen (secondary N) is 1. The molecule has 35 heavy (non-hydrogen) atoms. The van der Waals surface area contributed by atoms with E-state index < -0.39 is 20.2 Å². The highest BCUT2D eigenvalue weighted by Gasteiger charge is 2.50. The summed E-state index contributed by atoms with van der Waals surface area (Å²) in [5.74, 6) is 0.564. The fourth-order valence-corrected chi connectivity index (χ4v) is 10.2. The van der Waals surface area contributed by atoms with Gasteiger partial charge in [0.15, 0.2) is 0 Å². The minimum Gasteiger partial charge on any atom is -0.404 e. The van der Waals surface area contributed by atoms with Crippen molar-refractivity contribution in [3.8, 4) is 0 Å². The van der Waals surface area contributed by atoms with Crippen LogP contribution in [0.2, 0.25) is 5.04 Å². The van der Waals surface area contributed by atoms with Gasteiger partial charge in [-0.3, -0.25) is 9.36 Å². The third kappa shape index (κ3) is 5.43. The lowest BCUT2D eigenvalue weighted by atomic mass is 10.2. The molecule has 1 amide bonds. The van der Waals surface area contributed by atoms with Crippen molar-refractivity contribution in [1.82, 2.24) is 9.55 Å². The quantitative estimate of drug-likeness (QED) is 0.492. The van der Waals surface area contributed by atoms with Crippen LogP contribution < -0.4 is 21.4 Å². The summed E-state index contributed by atoms with van der Waals surface area (Å²) in [6.45, 7) is 8.51. The number of anilines is 1. The standard InChI is InChI=1S/C26H31N3O4SSi/c1-19(30)27-22-15-16-29(25(31)28-22)23-18-34-24(33-23)17-32-35(26(2,3)4,20-11-7-5-8-12-20)21-13-9-6-10-14-21/h5-16,23-24H,17-18H2,1-4H3,(H,27,28,30,31)/t23-,24+/m0/s1. The minimum atomic E-state index is -2.67. The van der Waals surface area contributed by atoms with E-state index in [1.165, 1.54) is 21.9 Å². The maximum Gasteiger partial charge on any atom is 0.351 e. The molecule has 9 heteroatoms. The van der Waals surface area contributed by atoms with Gasteiger partial charge in [-0.25, -0.2) is 4.79 Å². The summed E-state index contributed by atoms with van der Waals surface area (Å²) in [5, 5.41) is 4.83. The van der Waals surface area contributed by atoms with Gasteiger partial charge in [0.1, 0.15) is 17.5 Å². The number of nitrogens with zero attached hydrogens (tertiary/aromatic N) is 2. The topological polar surface area (TPSA) is 82.5 Å². The van der Waals surface area contributed by atoms with E-state index in [1.54, 1.807) is 24.0 Å². The number of carbonyl (C=O) groups excluding carboxylic acids is 1. The molecule has 1 aromatic heterocycles. The van der Waals surface area contributed by atoms with E-state index in [4.69, 9.17) is 9.16 Å². The first-order chi connectivity index (χ1) is 16.7. The first-order valence-corrected chi connectivity index (χ1v) is 14.6. The van der Waals surface area contributed by atoms with Gasteiger partial charge in [0.25, 0.3) is 8.32 Å². The predicted molar refractivity (Wildman–Crippen MR) is 143 cm³/mol. The Morgan fingerprint density at radius 2 is 1.71 bits per heavy atom. The SMILES string of the molecule is CC(=O)Nc1ccn([C@@H]2CS[C@H](CO[Si](c3ccccc3)(c3ccccc3)C(C)(C)C)O2)c(=O)n1. The molecule has 0 bridgehead atoms. The van der Waals surface area contributed by atoms with E-state index in [1.807, 2.05) is 12.1 Å². The van der Waals surface area contributed by atoms with Crippen molar-refractivity contribution in [2.75, 3.05) is 17.7 Å². The van der Waals surface area contributed by atoms with Crippen LogP contribution in [0.25, 0.3) is 0 Å². The molecular formula is C26H31N3O4SSi. The van der Waals surface area contributed by atoms with Crippen LogP contribution in [-0.4, -0.2) is 41.6 Å². The fraction of sp³-hybridized carbons (Fsp3) is 0.346. The molecule has 184 valence electrons. The highest BCUT2D eigenvalue weighted by Crippen LogP contribution is 2.38. The summed E-state index contributed by atoms with van der Waals surface area (Å²) in [6, 6.07) is 22.6. The summed E-state index contributed by atoms with van der Waals surface area (Å²) in [4.78, 5) is 27.7. The average molecular weight is 510 g/mol. The smallest absolute Gasteiger partial charge is 0.351 e. The van der Waals surface area contributed by atoms with E-state index in [0.717, 1.165) is 0 Å². The van der Waals surface area contributed by atoms with Crippen LogP contribution in [0.1, 0.15) is 33.9 Å². The zero-order chi connectivity index (χ0) is 25.1. The Balaban J connectivity index is 1.56. The molecule has 4 rings (SSSR count). The third-order valence-corrected chi connectivity index (χ3v) is 12.1.